The van der Waals surface area contributed by atoms with Gasteiger partial charge < -0.3 is 9.47 Å². The lowest BCUT2D eigenvalue weighted by Crippen LogP contribution is -2.18. The lowest BCUT2D eigenvalue weighted by molar-refractivity contribution is 0.537. The van der Waals surface area contributed by atoms with Gasteiger partial charge in [-0.25, -0.2) is 15.0 Å². The van der Waals surface area contributed by atoms with Gasteiger partial charge in [0.2, 0.25) is 11.8 Å². The zero-order valence-corrected chi connectivity index (χ0v) is 28.7. The first-order valence-electron chi connectivity index (χ1n) is 15.7. The predicted molar refractivity (Wildman–Crippen MR) is 191 cm³/mol. The Labute approximate surface area is 273 Å². The first kappa shape index (κ1) is 32.4. The summed E-state index contributed by atoms with van der Waals surface area (Å²) in [5.41, 5.74) is 13.6. The number of pyridine rings is 1. The largest absolute Gasteiger partial charge is 0.436 e. The molecule has 0 radical (unpaired) electrons. The number of nitrogens with zero attached hydrogens (tertiary/aromatic N) is 3. The minimum Gasteiger partial charge on any atom is -0.436 e. The van der Waals surface area contributed by atoms with E-state index in [2.05, 4.69) is 65.8 Å². The van der Waals surface area contributed by atoms with Crippen molar-refractivity contribution in [2.45, 2.75) is 69.2 Å². The standard InChI is InChI=1S/C41H43N3O2/c1-24-20-30(7)36(31(8)21-24)43-40(45-38-26(3)14-11-15-27(38)4)34-18-13-19-35(42-34)41(46-39-28(5)16-12-17-29(39)6)44-37-32(9)22-25(2)23-33(37)10/h11-23H,1-10H3. The van der Waals surface area contributed by atoms with Gasteiger partial charge in [0, 0.05) is 0 Å². The third-order valence-corrected chi connectivity index (χ3v) is 8.10. The molecule has 5 nitrogen and oxygen atoms in total. The predicted octanol–water partition coefficient (Wildman–Crippen LogP) is 10.5. The minimum atomic E-state index is 0.406. The Morgan fingerprint density at radius 2 is 0.739 bits per heavy atom. The average molecular weight is 610 g/mol. The molecule has 4 aromatic carbocycles. The van der Waals surface area contributed by atoms with E-state index in [1.54, 1.807) is 0 Å². The Bertz CT molecular complexity index is 1780. The highest BCUT2D eigenvalue weighted by Gasteiger charge is 2.19. The van der Waals surface area contributed by atoms with Crippen LogP contribution in [0.25, 0.3) is 0 Å². The highest BCUT2D eigenvalue weighted by atomic mass is 16.5. The quantitative estimate of drug-likeness (QED) is 0.142. The number of aliphatic imine (C=N–C) groups is 2. The number of hydrogen-bond acceptors (Lipinski definition) is 5. The number of hydrogen-bond donors (Lipinski definition) is 0. The van der Waals surface area contributed by atoms with E-state index in [0.717, 1.165) is 67.4 Å². The number of para-hydroxylation sites is 2. The molecule has 0 aliphatic heterocycles. The van der Waals surface area contributed by atoms with Crippen molar-refractivity contribution in [3.8, 4) is 11.5 Å². The van der Waals surface area contributed by atoms with Crippen molar-refractivity contribution < 1.29 is 9.47 Å². The van der Waals surface area contributed by atoms with Gasteiger partial charge in [-0.1, -0.05) is 77.9 Å². The first-order valence-corrected chi connectivity index (χ1v) is 15.7. The molecule has 0 spiro atoms. The fourth-order valence-corrected chi connectivity index (χ4v) is 5.95. The molecule has 5 heteroatoms. The fraction of sp³-hybridized carbons (Fsp3) is 0.244. The zero-order chi connectivity index (χ0) is 33.1. The molecular formula is C41H43N3O2. The van der Waals surface area contributed by atoms with E-state index in [-0.39, 0.29) is 0 Å². The molecule has 0 saturated heterocycles. The maximum atomic E-state index is 6.67. The summed E-state index contributed by atoms with van der Waals surface area (Å²) in [6, 6.07) is 26.6. The van der Waals surface area contributed by atoms with Crippen LogP contribution in [-0.2, 0) is 0 Å². The van der Waals surface area contributed by atoms with Crippen molar-refractivity contribution in [3.05, 3.63) is 146 Å². The molecule has 46 heavy (non-hydrogen) atoms. The Hall–Kier alpha value is -5.03. The van der Waals surface area contributed by atoms with E-state index in [4.69, 9.17) is 24.4 Å². The summed E-state index contributed by atoms with van der Waals surface area (Å²) in [6.07, 6.45) is 0. The third-order valence-electron chi connectivity index (χ3n) is 8.10. The van der Waals surface area contributed by atoms with E-state index in [0.29, 0.717) is 23.2 Å². The van der Waals surface area contributed by atoms with Gasteiger partial charge in [-0.05, 0) is 126 Å². The molecule has 0 bridgehead atoms. The van der Waals surface area contributed by atoms with Gasteiger partial charge >= 0.3 is 0 Å². The van der Waals surface area contributed by atoms with Crippen LogP contribution in [-0.4, -0.2) is 16.8 Å². The number of ether oxygens (including phenoxy) is 2. The number of rotatable bonds is 6. The first-order chi connectivity index (χ1) is 21.9. The molecule has 0 saturated carbocycles. The van der Waals surface area contributed by atoms with E-state index in [1.807, 2.05) is 82.3 Å². The molecule has 0 aliphatic carbocycles. The molecule has 1 aromatic heterocycles. The summed E-state index contributed by atoms with van der Waals surface area (Å²) >= 11 is 0. The molecule has 0 atom stereocenters. The number of benzene rings is 4. The van der Waals surface area contributed by atoms with Crippen molar-refractivity contribution >= 4 is 23.2 Å². The summed E-state index contributed by atoms with van der Waals surface area (Å²) in [6.45, 7) is 20.7. The average Bonchev–Trinajstić information content (AvgIpc) is 2.98. The lowest BCUT2D eigenvalue weighted by atomic mass is 10.1. The summed E-state index contributed by atoms with van der Waals surface area (Å²) in [7, 11) is 0. The van der Waals surface area contributed by atoms with Crippen LogP contribution in [0.1, 0.15) is 67.0 Å². The molecular weight excluding hydrogens is 566 g/mol. The molecule has 0 fully saturated rings. The summed E-state index contributed by atoms with van der Waals surface area (Å²) in [4.78, 5) is 15.4. The summed E-state index contributed by atoms with van der Waals surface area (Å²) < 4.78 is 13.3. The monoisotopic (exact) mass is 609 g/mol. The molecule has 0 aliphatic rings. The number of aromatic nitrogens is 1. The summed E-state index contributed by atoms with van der Waals surface area (Å²) in [5.74, 6) is 2.34. The molecule has 234 valence electrons. The van der Waals surface area contributed by atoms with Crippen LogP contribution in [0.4, 0.5) is 11.4 Å². The molecule has 0 N–H and O–H groups in total. The highest BCUT2D eigenvalue weighted by Crippen LogP contribution is 2.31. The molecule has 1 heterocycles. The zero-order valence-electron chi connectivity index (χ0n) is 28.7. The Morgan fingerprint density at radius 1 is 0.435 bits per heavy atom. The molecule has 0 unspecified atom stereocenters. The van der Waals surface area contributed by atoms with E-state index >= 15 is 0 Å². The van der Waals surface area contributed by atoms with Crippen LogP contribution in [0.15, 0.2) is 88.8 Å². The lowest BCUT2D eigenvalue weighted by Gasteiger charge is -2.17. The Kier molecular flexibility index (Phi) is 9.52. The van der Waals surface area contributed by atoms with Crippen molar-refractivity contribution in [1.29, 1.82) is 0 Å². The van der Waals surface area contributed by atoms with Gasteiger partial charge in [0.25, 0.3) is 0 Å². The van der Waals surface area contributed by atoms with Crippen molar-refractivity contribution in [3.63, 3.8) is 0 Å². The van der Waals surface area contributed by atoms with E-state index in [1.165, 1.54) is 11.1 Å². The van der Waals surface area contributed by atoms with E-state index in [9.17, 15) is 0 Å². The van der Waals surface area contributed by atoms with Gasteiger partial charge in [0.05, 0.1) is 11.4 Å². The normalized spacial score (nSPS) is 12.0. The minimum absolute atomic E-state index is 0.406. The smallest absolute Gasteiger partial charge is 0.246 e. The topological polar surface area (TPSA) is 56.1 Å². The van der Waals surface area contributed by atoms with Crippen LogP contribution in [0.5, 0.6) is 11.5 Å². The van der Waals surface area contributed by atoms with Crippen LogP contribution < -0.4 is 9.47 Å². The maximum absolute atomic E-state index is 6.67. The maximum Gasteiger partial charge on any atom is 0.246 e. The molecule has 0 amide bonds. The van der Waals surface area contributed by atoms with Gasteiger partial charge in [0.1, 0.15) is 22.9 Å². The van der Waals surface area contributed by atoms with Crippen LogP contribution >= 0.6 is 0 Å². The number of aryl methyl sites for hydroxylation is 10. The van der Waals surface area contributed by atoms with Crippen molar-refractivity contribution in [1.82, 2.24) is 4.98 Å². The van der Waals surface area contributed by atoms with Gasteiger partial charge in [0.15, 0.2) is 0 Å². The van der Waals surface area contributed by atoms with Crippen LogP contribution in [0.3, 0.4) is 0 Å². The van der Waals surface area contributed by atoms with Crippen molar-refractivity contribution in [2.24, 2.45) is 9.98 Å². The Balaban J connectivity index is 1.71. The van der Waals surface area contributed by atoms with Crippen molar-refractivity contribution in [2.75, 3.05) is 0 Å². The second-order valence-corrected chi connectivity index (χ2v) is 12.4. The second kappa shape index (κ2) is 13.5. The molecule has 5 rings (SSSR count). The third kappa shape index (κ3) is 7.10. The van der Waals surface area contributed by atoms with Crippen LogP contribution in [0, 0.1) is 69.2 Å². The highest BCUT2D eigenvalue weighted by molar-refractivity contribution is 6.00. The fourth-order valence-electron chi connectivity index (χ4n) is 5.95. The molecule has 5 aromatic rings. The van der Waals surface area contributed by atoms with Gasteiger partial charge in [-0.2, -0.15) is 0 Å². The van der Waals surface area contributed by atoms with Gasteiger partial charge in [-0.3, -0.25) is 0 Å². The van der Waals surface area contributed by atoms with Gasteiger partial charge in [-0.15, -0.1) is 0 Å². The van der Waals surface area contributed by atoms with E-state index < -0.39 is 0 Å². The summed E-state index contributed by atoms with van der Waals surface area (Å²) in [5, 5.41) is 0. The second-order valence-electron chi connectivity index (χ2n) is 12.4. The Morgan fingerprint density at radius 3 is 1.07 bits per heavy atom. The van der Waals surface area contributed by atoms with Crippen LogP contribution in [0.2, 0.25) is 0 Å². The SMILES string of the molecule is Cc1cc(C)c(N=C(Oc2c(C)cccc2C)c2cccc(C(=Nc3c(C)cc(C)cc3C)Oc3c(C)cccc3C)n2)c(C)c1.